The van der Waals surface area contributed by atoms with Crippen LogP contribution in [0.3, 0.4) is 0 Å². The van der Waals surface area contributed by atoms with E-state index in [2.05, 4.69) is 237 Å². The Hall–Kier alpha value is -8.80. The first-order valence-corrected chi connectivity index (χ1v) is 28.2. The second-order valence-corrected chi connectivity index (χ2v) is 26.0. The number of hydrogen-bond donors (Lipinski definition) is 0. The Labute approximate surface area is 484 Å². The molecule has 0 fully saturated rings. The van der Waals surface area contributed by atoms with Crippen LogP contribution < -0.4 is 9.30 Å². The van der Waals surface area contributed by atoms with Gasteiger partial charge in [0.1, 0.15) is 17.3 Å². The number of pyridine rings is 1. The van der Waals surface area contributed by atoms with E-state index in [1.165, 1.54) is 16.7 Å². The van der Waals surface area contributed by atoms with Crippen LogP contribution in [0.1, 0.15) is 112 Å². The highest BCUT2D eigenvalue weighted by atomic mass is 16.5. The first-order chi connectivity index (χ1) is 40.8. The van der Waals surface area contributed by atoms with Gasteiger partial charge in [-0.3, -0.25) is 13.7 Å². The molecule has 5 heteroatoms. The molecule has 0 spiro atoms. The zero-order valence-electron chi connectivity index (χ0n) is 53.4. The van der Waals surface area contributed by atoms with Gasteiger partial charge in [0.15, 0.2) is 0 Å². The molecule has 0 bridgehead atoms. The van der Waals surface area contributed by atoms with Gasteiger partial charge in [0.05, 0.1) is 40.3 Å². The second kappa shape index (κ2) is 18.9. The summed E-state index contributed by atoms with van der Waals surface area (Å²) >= 11 is 0. The van der Waals surface area contributed by atoms with Crippen molar-refractivity contribution in [3.63, 3.8) is 0 Å². The third kappa shape index (κ3) is 9.04. The van der Waals surface area contributed by atoms with Crippen molar-refractivity contribution >= 4 is 32.8 Å². The third-order valence-corrected chi connectivity index (χ3v) is 16.2. The van der Waals surface area contributed by atoms with Crippen molar-refractivity contribution in [3.05, 3.63) is 235 Å². The predicted molar refractivity (Wildman–Crippen MR) is 338 cm³/mol. The molecule has 81 heavy (non-hydrogen) atoms. The lowest BCUT2D eigenvalue weighted by Crippen LogP contribution is -2.35. The molecule has 1 aliphatic heterocycles. The summed E-state index contributed by atoms with van der Waals surface area (Å²) in [7, 11) is 0. The SMILES string of the molecule is [2H]c1c([2H])c([2H])c(-c2cccc3c2-c2ccccc2-c2cc(-c4cc(C(C)(C)C)cc(C(C)(C)C)c4)cc4c2[n+]([c-]n4-c2cccc(Oc4ccc5c6ccccc6n(-c6cc(C(C)(C)C)ccn6)c5c4)c2)-c2c-3cccc2C(C)(C)C)c([2H])c1[2H]. The van der Waals surface area contributed by atoms with Gasteiger partial charge in [-0.05, 0) is 154 Å². The fourth-order valence-electron chi connectivity index (χ4n) is 11.9. The van der Waals surface area contributed by atoms with Gasteiger partial charge in [-0.2, -0.15) is 0 Å². The highest BCUT2D eigenvalue weighted by Gasteiger charge is 2.31. The number of nitrogens with zero attached hydrogens (tertiary/aromatic N) is 4. The number of rotatable bonds is 6. The molecule has 1 aliphatic rings. The third-order valence-electron chi connectivity index (χ3n) is 16.2. The molecule has 4 heterocycles. The quantitative estimate of drug-likeness (QED) is 0.123. The van der Waals surface area contributed by atoms with E-state index < -0.39 is 6.04 Å². The van der Waals surface area contributed by atoms with E-state index in [0.717, 1.165) is 100 Å². The lowest BCUT2D eigenvalue weighted by Gasteiger charge is -2.27. The van der Waals surface area contributed by atoms with Crippen LogP contribution in [0.5, 0.6) is 11.5 Å². The van der Waals surface area contributed by atoms with Crippen molar-refractivity contribution < 1.29 is 16.2 Å². The molecule has 0 saturated carbocycles. The fraction of sp³-hybridized carbons (Fsp3) is 0.211. The second-order valence-electron chi connectivity index (χ2n) is 26.0. The average molecular weight is 1060 g/mol. The van der Waals surface area contributed by atoms with Gasteiger partial charge in [-0.15, -0.1) is 0 Å². The predicted octanol–water partition coefficient (Wildman–Crippen LogP) is 19.8. The molecule has 13 rings (SSSR count). The van der Waals surface area contributed by atoms with Crippen molar-refractivity contribution in [2.75, 3.05) is 0 Å². The molecule has 0 aliphatic carbocycles. The van der Waals surface area contributed by atoms with Gasteiger partial charge in [0, 0.05) is 23.0 Å². The molecule has 9 aromatic carbocycles. The topological polar surface area (TPSA) is 35.9 Å². The molecule has 12 aromatic rings. The normalized spacial score (nSPS) is 13.6. The van der Waals surface area contributed by atoms with Crippen molar-refractivity contribution in [3.8, 4) is 84.3 Å². The Bertz CT molecular complexity index is 4730. The molecule has 3 aromatic heterocycles. The molecule has 0 saturated heterocycles. The Morgan fingerprint density at radius 1 is 0.457 bits per heavy atom. The molecule has 0 radical (unpaired) electrons. The lowest BCUT2D eigenvalue weighted by molar-refractivity contribution is -0.572. The fourth-order valence-corrected chi connectivity index (χ4v) is 11.9. The minimum absolute atomic E-state index is 0.0677. The maximum absolute atomic E-state index is 9.40. The van der Waals surface area contributed by atoms with E-state index in [-0.39, 0.29) is 51.4 Å². The Morgan fingerprint density at radius 2 is 1.09 bits per heavy atom. The first-order valence-electron chi connectivity index (χ1n) is 30.7. The maximum atomic E-state index is 9.40. The summed E-state index contributed by atoms with van der Waals surface area (Å²) in [6, 6.07) is 58.1. The van der Waals surface area contributed by atoms with Gasteiger partial charge in [-0.1, -0.05) is 222 Å². The number of imidazole rings is 1. The largest absolute Gasteiger partial charge is 0.458 e. The van der Waals surface area contributed by atoms with Crippen LogP contribution in [-0.4, -0.2) is 14.1 Å². The number of hydrogen-bond acceptors (Lipinski definition) is 2. The molecular weight excluding hydrogens is 985 g/mol. The Morgan fingerprint density at radius 3 is 1.83 bits per heavy atom. The van der Waals surface area contributed by atoms with Crippen LogP contribution in [0.15, 0.2) is 206 Å². The number of aromatic nitrogens is 4. The van der Waals surface area contributed by atoms with E-state index in [1.807, 2.05) is 42.6 Å². The molecular formula is C76H70N4O. The van der Waals surface area contributed by atoms with Crippen LogP contribution in [0.2, 0.25) is 0 Å². The van der Waals surface area contributed by atoms with E-state index in [0.29, 0.717) is 17.1 Å². The monoisotopic (exact) mass is 1060 g/mol. The van der Waals surface area contributed by atoms with Crippen LogP contribution in [0.4, 0.5) is 0 Å². The van der Waals surface area contributed by atoms with Gasteiger partial charge >= 0.3 is 0 Å². The summed E-state index contributed by atoms with van der Waals surface area (Å²) in [5.41, 5.74) is 17.7. The van der Waals surface area contributed by atoms with E-state index in [1.54, 1.807) is 0 Å². The van der Waals surface area contributed by atoms with Gasteiger partial charge < -0.3 is 4.74 Å². The lowest BCUT2D eigenvalue weighted by atomic mass is 9.78. The summed E-state index contributed by atoms with van der Waals surface area (Å²) in [5, 5.41) is 2.24. The number of fused-ring (bicyclic) bond motifs is 10. The summed E-state index contributed by atoms with van der Waals surface area (Å²) < 4.78 is 58.9. The van der Waals surface area contributed by atoms with Crippen molar-refractivity contribution in [1.82, 2.24) is 14.1 Å². The average Bonchev–Trinajstić information content (AvgIpc) is 1.54. The number of benzene rings is 9. The van der Waals surface area contributed by atoms with Crippen LogP contribution in [0, 0.1) is 6.33 Å². The highest BCUT2D eigenvalue weighted by Crippen LogP contribution is 2.50. The molecule has 5 nitrogen and oxygen atoms in total. The molecule has 0 atom stereocenters. The van der Waals surface area contributed by atoms with Crippen molar-refractivity contribution in [1.29, 1.82) is 0 Å². The number of ether oxygens (including phenoxy) is 1. The minimum atomic E-state index is -0.429. The highest BCUT2D eigenvalue weighted by molar-refractivity contribution is 6.10. The van der Waals surface area contributed by atoms with Gasteiger partial charge in [-0.25, -0.2) is 4.98 Å². The summed E-state index contributed by atoms with van der Waals surface area (Å²) in [6.45, 7) is 27.0. The maximum Gasteiger partial charge on any atom is 0.269 e. The Balaban J connectivity index is 1.09. The van der Waals surface area contributed by atoms with Gasteiger partial charge in [0.25, 0.3) is 6.33 Å². The molecule has 0 unspecified atom stereocenters. The van der Waals surface area contributed by atoms with Crippen LogP contribution >= 0.6 is 0 Å². The smallest absolute Gasteiger partial charge is 0.269 e. The molecule has 0 amide bonds. The zero-order valence-corrected chi connectivity index (χ0v) is 48.4. The number of para-hydroxylation sites is 2. The zero-order chi connectivity index (χ0) is 60.7. The standard InChI is InChI=1S/C76H70N4O/c1-73(2,3)51-37-38-77-69(44-51)80-66-34-19-18-28-59(66)60-36-35-56(46-67(60)80)81-55-26-20-25-54(45-55)78-47-79-71-63(32-22-33-65(71)76(10,11)12)62-31-21-30-57(48-23-14-13-15-24-48)70(62)61-29-17-16-27-58(61)64-41-50(42-68(78)72(64)79)49-39-52(74(4,5)6)43-53(40-49)75(7,8)9/h13-46H,1-12H3/i13D,14D,15D,23D,24D. The summed E-state index contributed by atoms with van der Waals surface area (Å²) in [4.78, 5) is 4.94. The van der Waals surface area contributed by atoms with E-state index in [4.69, 9.17) is 13.8 Å². The van der Waals surface area contributed by atoms with E-state index >= 15 is 0 Å². The molecule has 0 N–H and O–H groups in total. The van der Waals surface area contributed by atoms with Crippen LogP contribution in [-0.2, 0) is 21.7 Å². The minimum Gasteiger partial charge on any atom is -0.458 e. The summed E-state index contributed by atoms with van der Waals surface area (Å²) in [5.74, 6) is 2.19. The first kappa shape index (κ1) is 46.0. The van der Waals surface area contributed by atoms with Crippen molar-refractivity contribution in [2.24, 2.45) is 0 Å². The summed E-state index contributed by atoms with van der Waals surface area (Å²) in [6.07, 6.45) is 5.92. The molecule has 400 valence electrons. The van der Waals surface area contributed by atoms with Gasteiger partial charge in [0.2, 0.25) is 0 Å². The Kier molecular flexibility index (Phi) is 10.7. The van der Waals surface area contributed by atoms with Crippen LogP contribution in [0.25, 0.3) is 106 Å². The van der Waals surface area contributed by atoms with Crippen molar-refractivity contribution in [2.45, 2.75) is 105 Å². The van der Waals surface area contributed by atoms with E-state index in [9.17, 15) is 2.74 Å².